The molecule has 17 heavy (non-hydrogen) atoms. The van der Waals surface area contributed by atoms with E-state index >= 15 is 0 Å². The van der Waals surface area contributed by atoms with Crippen molar-refractivity contribution in [3.8, 4) is 0 Å². The quantitative estimate of drug-likeness (QED) is 0.583. The van der Waals surface area contributed by atoms with Crippen molar-refractivity contribution in [3.05, 3.63) is 35.9 Å². The predicted octanol–water partition coefficient (Wildman–Crippen LogP) is 6.21. The first-order valence-electron chi connectivity index (χ1n) is 7.28. The Morgan fingerprint density at radius 1 is 0.882 bits per heavy atom. The van der Waals surface area contributed by atoms with Gasteiger partial charge < -0.3 is 0 Å². The van der Waals surface area contributed by atoms with E-state index in [4.69, 9.17) is 0 Å². The fraction of sp³-hybridized carbons (Fsp3) is 0.647. The second-order valence-corrected chi connectivity index (χ2v) is 4.03. The van der Waals surface area contributed by atoms with Crippen molar-refractivity contribution in [3.63, 3.8) is 0 Å². The van der Waals surface area contributed by atoms with Crippen molar-refractivity contribution in [1.82, 2.24) is 0 Å². The summed E-state index contributed by atoms with van der Waals surface area (Å²) in [6.07, 6.45) is 3.78. The maximum absolute atomic E-state index is 2.37. The van der Waals surface area contributed by atoms with Gasteiger partial charge in [-0.1, -0.05) is 85.2 Å². The van der Waals surface area contributed by atoms with Crippen molar-refractivity contribution in [2.75, 3.05) is 0 Å². The summed E-state index contributed by atoms with van der Waals surface area (Å²) in [4.78, 5) is 0. The molecule has 1 atom stereocenters. The molecule has 0 bridgehead atoms. The zero-order chi connectivity index (χ0) is 13.7. The van der Waals surface area contributed by atoms with Crippen LogP contribution < -0.4 is 0 Å². The number of benzene rings is 1. The largest absolute Gasteiger partial charge is 0.0683 e. The molecule has 0 aliphatic carbocycles. The summed E-state index contributed by atoms with van der Waals surface area (Å²) in [6.45, 7) is 14.9. The SMILES string of the molecule is CC.CC.CCCC(C)(CC)c1ccccc1. The van der Waals surface area contributed by atoms with E-state index in [1.54, 1.807) is 0 Å². The molecule has 1 rings (SSSR count). The Kier molecular flexibility index (Phi) is 12.8. The van der Waals surface area contributed by atoms with E-state index < -0.39 is 0 Å². The molecule has 1 aromatic rings. The van der Waals surface area contributed by atoms with Crippen molar-refractivity contribution >= 4 is 0 Å². The third-order valence-electron chi connectivity index (χ3n) is 3.05. The Morgan fingerprint density at radius 3 is 1.71 bits per heavy atom. The second-order valence-electron chi connectivity index (χ2n) is 4.03. The monoisotopic (exact) mass is 236 g/mol. The molecular weight excluding hydrogens is 204 g/mol. The van der Waals surface area contributed by atoms with E-state index in [-0.39, 0.29) is 0 Å². The van der Waals surface area contributed by atoms with Gasteiger partial charge in [0.05, 0.1) is 0 Å². The highest BCUT2D eigenvalue weighted by Crippen LogP contribution is 2.31. The minimum atomic E-state index is 0.385. The van der Waals surface area contributed by atoms with Gasteiger partial charge in [-0.15, -0.1) is 0 Å². The highest BCUT2D eigenvalue weighted by Gasteiger charge is 2.22. The van der Waals surface area contributed by atoms with Gasteiger partial charge in [-0.3, -0.25) is 0 Å². The summed E-state index contributed by atoms with van der Waals surface area (Å²) < 4.78 is 0. The third kappa shape index (κ3) is 6.51. The maximum atomic E-state index is 2.37. The Hall–Kier alpha value is -0.780. The number of hydrogen-bond acceptors (Lipinski definition) is 0. The lowest BCUT2D eigenvalue weighted by Crippen LogP contribution is -2.20. The van der Waals surface area contributed by atoms with Gasteiger partial charge >= 0.3 is 0 Å². The highest BCUT2D eigenvalue weighted by atomic mass is 14.3. The van der Waals surface area contributed by atoms with E-state index in [9.17, 15) is 0 Å². The molecule has 0 saturated carbocycles. The van der Waals surface area contributed by atoms with Crippen LogP contribution in [0.25, 0.3) is 0 Å². The first-order valence-corrected chi connectivity index (χ1v) is 7.28. The Labute approximate surface area is 109 Å². The van der Waals surface area contributed by atoms with Gasteiger partial charge in [-0.25, -0.2) is 0 Å². The van der Waals surface area contributed by atoms with E-state index in [2.05, 4.69) is 51.1 Å². The van der Waals surface area contributed by atoms with Gasteiger partial charge in [0, 0.05) is 0 Å². The standard InChI is InChI=1S/C13H20.2C2H6/c1-4-11-13(3,5-2)12-9-7-6-8-10-12;2*1-2/h6-10H,4-5,11H2,1-3H3;2*1-2H3. The van der Waals surface area contributed by atoms with Gasteiger partial charge in [0.1, 0.15) is 0 Å². The lowest BCUT2D eigenvalue weighted by atomic mass is 9.77. The molecule has 0 amide bonds. The van der Waals surface area contributed by atoms with Crippen LogP contribution in [-0.4, -0.2) is 0 Å². The zero-order valence-corrected chi connectivity index (χ0v) is 13.0. The summed E-state index contributed by atoms with van der Waals surface area (Å²) in [7, 11) is 0. The van der Waals surface area contributed by atoms with Crippen LogP contribution in [0.3, 0.4) is 0 Å². The van der Waals surface area contributed by atoms with Crippen LogP contribution in [0.15, 0.2) is 30.3 Å². The van der Waals surface area contributed by atoms with E-state index in [1.807, 2.05) is 27.7 Å². The van der Waals surface area contributed by atoms with Crippen LogP contribution in [0, 0.1) is 0 Å². The van der Waals surface area contributed by atoms with Gasteiger partial charge in [-0.2, -0.15) is 0 Å². The topological polar surface area (TPSA) is 0 Å². The van der Waals surface area contributed by atoms with Gasteiger partial charge in [0.15, 0.2) is 0 Å². The van der Waals surface area contributed by atoms with Crippen LogP contribution >= 0.6 is 0 Å². The summed E-state index contributed by atoms with van der Waals surface area (Å²) >= 11 is 0. The Morgan fingerprint density at radius 2 is 1.35 bits per heavy atom. The van der Waals surface area contributed by atoms with Crippen molar-refractivity contribution in [2.45, 2.75) is 73.1 Å². The highest BCUT2D eigenvalue weighted by molar-refractivity contribution is 5.23. The Bertz CT molecular complexity index is 237. The zero-order valence-electron chi connectivity index (χ0n) is 13.0. The van der Waals surface area contributed by atoms with Crippen molar-refractivity contribution in [2.24, 2.45) is 0 Å². The molecule has 0 fully saturated rings. The van der Waals surface area contributed by atoms with Crippen LogP contribution in [0.2, 0.25) is 0 Å². The van der Waals surface area contributed by atoms with Gasteiger partial charge in [0.2, 0.25) is 0 Å². The molecule has 0 N–H and O–H groups in total. The van der Waals surface area contributed by atoms with Gasteiger partial charge in [0.25, 0.3) is 0 Å². The van der Waals surface area contributed by atoms with E-state index in [0.717, 1.165) is 0 Å². The summed E-state index contributed by atoms with van der Waals surface area (Å²) in [5, 5.41) is 0. The van der Waals surface area contributed by atoms with Crippen LogP contribution in [0.4, 0.5) is 0 Å². The molecule has 0 spiro atoms. The molecule has 0 heteroatoms. The fourth-order valence-corrected chi connectivity index (χ4v) is 1.92. The molecule has 100 valence electrons. The Balaban J connectivity index is 0. The van der Waals surface area contributed by atoms with Crippen LogP contribution in [-0.2, 0) is 5.41 Å². The first kappa shape index (κ1) is 18.6. The minimum absolute atomic E-state index is 0.385. The molecule has 0 saturated heterocycles. The summed E-state index contributed by atoms with van der Waals surface area (Å²) in [5.74, 6) is 0. The summed E-state index contributed by atoms with van der Waals surface area (Å²) in [6, 6.07) is 10.9. The van der Waals surface area contributed by atoms with Crippen LogP contribution in [0.5, 0.6) is 0 Å². The maximum Gasteiger partial charge on any atom is -0.00780 e. The van der Waals surface area contributed by atoms with E-state index in [0.29, 0.717) is 5.41 Å². The number of rotatable bonds is 4. The molecule has 1 aromatic carbocycles. The molecular formula is C17H32. The molecule has 0 aromatic heterocycles. The lowest BCUT2D eigenvalue weighted by molar-refractivity contribution is 0.414. The van der Waals surface area contributed by atoms with Crippen molar-refractivity contribution in [1.29, 1.82) is 0 Å². The average Bonchev–Trinajstić information content (AvgIpc) is 2.44. The van der Waals surface area contributed by atoms with Gasteiger partial charge in [-0.05, 0) is 23.8 Å². The predicted molar refractivity (Wildman–Crippen MR) is 81.7 cm³/mol. The third-order valence-corrected chi connectivity index (χ3v) is 3.05. The average molecular weight is 236 g/mol. The fourth-order valence-electron chi connectivity index (χ4n) is 1.92. The minimum Gasteiger partial charge on any atom is -0.0683 e. The van der Waals surface area contributed by atoms with E-state index in [1.165, 1.54) is 24.8 Å². The molecule has 0 heterocycles. The lowest BCUT2D eigenvalue weighted by Gasteiger charge is -2.28. The smallest absolute Gasteiger partial charge is 0.00780 e. The summed E-state index contributed by atoms with van der Waals surface area (Å²) in [5.41, 5.74) is 1.87. The molecule has 0 radical (unpaired) electrons. The van der Waals surface area contributed by atoms with Crippen LogP contribution in [0.1, 0.15) is 73.3 Å². The first-order chi connectivity index (χ1) is 8.23. The molecule has 1 unspecified atom stereocenters. The normalized spacial score (nSPS) is 12.4. The van der Waals surface area contributed by atoms with Crippen molar-refractivity contribution < 1.29 is 0 Å². The molecule has 0 nitrogen and oxygen atoms in total. The second kappa shape index (κ2) is 11.7. The molecule has 0 aliphatic rings. The molecule has 0 aliphatic heterocycles. The number of hydrogen-bond donors (Lipinski definition) is 0.